The highest BCUT2D eigenvalue weighted by atomic mass is 16.3. The number of aromatic nitrogens is 3. The van der Waals surface area contributed by atoms with Gasteiger partial charge in [-0.1, -0.05) is 38.1 Å². The number of benzene rings is 1. The molecule has 1 aromatic carbocycles. The fourth-order valence-electron chi connectivity index (χ4n) is 4.77. The lowest BCUT2D eigenvalue weighted by Crippen LogP contribution is -2.53. The molecule has 2 aromatic rings. The largest absolute Gasteiger partial charge is 0.391 e. The van der Waals surface area contributed by atoms with Gasteiger partial charge in [0, 0.05) is 25.1 Å². The lowest BCUT2D eigenvalue weighted by atomic mass is 9.85. The van der Waals surface area contributed by atoms with Crippen LogP contribution in [0.15, 0.2) is 30.5 Å². The fraction of sp³-hybridized carbons (Fsp3) is 0.577. The van der Waals surface area contributed by atoms with E-state index in [0.717, 1.165) is 24.1 Å². The first kappa shape index (κ1) is 24.9. The summed E-state index contributed by atoms with van der Waals surface area (Å²) in [5.41, 5.74) is 0.912. The minimum Gasteiger partial charge on any atom is -0.391 e. The number of rotatable bonds is 6. The number of hydrogen-bond donors (Lipinski definition) is 2. The maximum atomic E-state index is 13.9. The first-order valence-corrected chi connectivity index (χ1v) is 12.1. The summed E-state index contributed by atoms with van der Waals surface area (Å²) in [6.07, 6.45) is 3.38. The van der Waals surface area contributed by atoms with Crippen LogP contribution in [0.3, 0.4) is 0 Å². The van der Waals surface area contributed by atoms with E-state index in [2.05, 4.69) is 21.7 Å². The Kier molecular flexibility index (Phi) is 6.45. The number of amides is 2. The second-order valence-corrected chi connectivity index (χ2v) is 11.4. The second-order valence-electron chi connectivity index (χ2n) is 11.4. The van der Waals surface area contributed by atoms with Crippen molar-refractivity contribution in [3.8, 4) is 6.07 Å². The summed E-state index contributed by atoms with van der Waals surface area (Å²) in [6, 6.07) is 7.72. The summed E-state index contributed by atoms with van der Waals surface area (Å²) in [5, 5.41) is 31.3. The molecule has 1 aliphatic carbocycles. The molecule has 1 saturated carbocycles. The molecule has 2 heterocycles. The van der Waals surface area contributed by atoms with Crippen molar-refractivity contribution in [3.05, 3.63) is 47.3 Å². The topological polar surface area (TPSA) is 124 Å². The zero-order valence-electron chi connectivity index (χ0n) is 21.0. The summed E-state index contributed by atoms with van der Waals surface area (Å²) in [6.45, 7) is 9.66. The molecule has 2 amide bonds. The van der Waals surface area contributed by atoms with Crippen LogP contribution in [0, 0.1) is 16.7 Å². The average molecular weight is 479 g/mol. The molecule has 3 atom stereocenters. The van der Waals surface area contributed by atoms with Crippen LogP contribution >= 0.6 is 0 Å². The average Bonchev–Trinajstić information content (AvgIpc) is 3.39. The zero-order chi connectivity index (χ0) is 25.5. The van der Waals surface area contributed by atoms with Crippen LogP contribution in [0.1, 0.15) is 82.7 Å². The molecule has 35 heavy (non-hydrogen) atoms. The van der Waals surface area contributed by atoms with E-state index in [9.17, 15) is 20.0 Å². The predicted octanol–water partition coefficient (Wildman–Crippen LogP) is 2.63. The second kappa shape index (κ2) is 9.08. The third-order valence-corrected chi connectivity index (χ3v) is 6.86. The molecule has 2 aliphatic rings. The lowest BCUT2D eigenvalue weighted by molar-refractivity contribution is -0.144. The third kappa shape index (κ3) is 5.22. The first-order chi connectivity index (χ1) is 16.4. The van der Waals surface area contributed by atoms with Crippen molar-refractivity contribution >= 4 is 11.8 Å². The minimum absolute atomic E-state index is 0.0814. The minimum atomic E-state index is -0.813. The van der Waals surface area contributed by atoms with Crippen LogP contribution in [0.4, 0.5) is 0 Å². The van der Waals surface area contributed by atoms with Crippen LogP contribution in [0.5, 0.6) is 0 Å². The van der Waals surface area contributed by atoms with E-state index < -0.39 is 29.1 Å². The van der Waals surface area contributed by atoms with E-state index >= 15 is 0 Å². The van der Waals surface area contributed by atoms with E-state index in [4.69, 9.17) is 0 Å². The van der Waals surface area contributed by atoms with Gasteiger partial charge in [0.05, 0.1) is 29.0 Å². The number of aliphatic hydroxyl groups excluding tert-OH is 1. The lowest BCUT2D eigenvalue weighted by Gasteiger charge is -2.36. The number of likely N-dealkylation sites (tertiary alicyclic amines) is 1. The van der Waals surface area contributed by atoms with Crippen LogP contribution in [-0.4, -0.2) is 55.5 Å². The molecule has 1 unspecified atom stereocenters. The number of carbonyl (C=O) groups is 2. The number of β-amino-alcohol motifs (C(OH)–C–C–N with tert-alkyl or cyclic N) is 1. The predicted molar refractivity (Wildman–Crippen MR) is 129 cm³/mol. The molecule has 0 radical (unpaired) electrons. The summed E-state index contributed by atoms with van der Waals surface area (Å²) in [5.74, 6) is -0.189. The van der Waals surface area contributed by atoms with Crippen molar-refractivity contribution in [2.75, 3.05) is 6.54 Å². The highest BCUT2D eigenvalue weighted by Gasteiger charge is 2.46. The van der Waals surface area contributed by atoms with E-state index in [0.29, 0.717) is 11.5 Å². The zero-order valence-corrected chi connectivity index (χ0v) is 21.0. The Morgan fingerprint density at radius 1 is 1.23 bits per heavy atom. The van der Waals surface area contributed by atoms with E-state index in [1.807, 2.05) is 46.9 Å². The van der Waals surface area contributed by atoms with Crippen LogP contribution in [0.2, 0.25) is 0 Å². The van der Waals surface area contributed by atoms with Crippen LogP contribution in [0.25, 0.3) is 0 Å². The number of hydrogen-bond acceptors (Lipinski definition) is 6. The highest BCUT2D eigenvalue weighted by Crippen LogP contribution is 2.40. The molecule has 1 aliphatic heterocycles. The van der Waals surface area contributed by atoms with E-state index in [1.54, 1.807) is 22.9 Å². The molecule has 0 spiro atoms. The van der Waals surface area contributed by atoms with Gasteiger partial charge in [0.15, 0.2) is 0 Å². The van der Waals surface area contributed by atoms with E-state index in [1.165, 1.54) is 4.90 Å². The van der Waals surface area contributed by atoms with Crippen molar-refractivity contribution in [2.24, 2.45) is 5.41 Å². The molecule has 2 fully saturated rings. The van der Waals surface area contributed by atoms with Crippen LogP contribution < -0.4 is 5.32 Å². The molecule has 0 bridgehead atoms. The molecule has 186 valence electrons. The third-order valence-electron chi connectivity index (χ3n) is 6.86. The molecular weight excluding hydrogens is 444 g/mol. The van der Waals surface area contributed by atoms with Gasteiger partial charge >= 0.3 is 0 Å². The van der Waals surface area contributed by atoms with Gasteiger partial charge in [-0.3, -0.25) is 9.59 Å². The molecular formula is C26H34N6O3. The van der Waals surface area contributed by atoms with Gasteiger partial charge in [-0.2, -0.15) is 5.26 Å². The molecule has 1 aromatic heterocycles. The molecule has 1 saturated heterocycles. The van der Waals surface area contributed by atoms with Gasteiger partial charge in [-0.05, 0) is 49.8 Å². The van der Waals surface area contributed by atoms with Gasteiger partial charge in [-0.25, -0.2) is 4.68 Å². The Morgan fingerprint density at radius 2 is 1.94 bits per heavy atom. The van der Waals surface area contributed by atoms with Gasteiger partial charge < -0.3 is 15.3 Å². The smallest absolute Gasteiger partial charge is 0.248 e. The van der Waals surface area contributed by atoms with Gasteiger partial charge in [0.2, 0.25) is 11.8 Å². The van der Waals surface area contributed by atoms with Gasteiger partial charge in [0.1, 0.15) is 12.1 Å². The number of aliphatic hydroxyl groups is 1. The van der Waals surface area contributed by atoms with Crippen molar-refractivity contribution in [1.82, 2.24) is 25.2 Å². The SMILES string of the molecule is CC(C)(NC(=O)[C@@H]1C[C@@H](O)CN1C(=O)C(n1cc(C2CC2)nn1)C(C)(C)C)c1cccc(C#N)c1. The van der Waals surface area contributed by atoms with Gasteiger partial charge in [-0.15, -0.1) is 5.10 Å². The Bertz CT molecular complexity index is 1150. The quantitative estimate of drug-likeness (QED) is 0.658. The van der Waals surface area contributed by atoms with Crippen molar-refractivity contribution in [3.63, 3.8) is 0 Å². The monoisotopic (exact) mass is 478 g/mol. The number of nitrogens with one attached hydrogen (secondary N) is 1. The maximum absolute atomic E-state index is 13.9. The summed E-state index contributed by atoms with van der Waals surface area (Å²) in [7, 11) is 0. The maximum Gasteiger partial charge on any atom is 0.248 e. The van der Waals surface area contributed by atoms with Crippen molar-refractivity contribution < 1.29 is 14.7 Å². The van der Waals surface area contributed by atoms with Crippen molar-refractivity contribution in [1.29, 1.82) is 5.26 Å². The number of nitrogens with zero attached hydrogens (tertiary/aromatic N) is 5. The molecule has 9 nitrogen and oxygen atoms in total. The molecule has 4 rings (SSSR count). The number of nitriles is 1. The van der Waals surface area contributed by atoms with Gasteiger partial charge in [0.25, 0.3) is 0 Å². The Hall–Kier alpha value is -3.25. The highest BCUT2D eigenvalue weighted by molar-refractivity contribution is 5.90. The fourth-order valence-corrected chi connectivity index (χ4v) is 4.77. The van der Waals surface area contributed by atoms with Crippen molar-refractivity contribution in [2.45, 2.75) is 83.5 Å². The first-order valence-electron chi connectivity index (χ1n) is 12.1. The molecule has 9 heteroatoms. The Morgan fingerprint density at radius 3 is 2.57 bits per heavy atom. The summed E-state index contributed by atoms with van der Waals surface area (Å²) in [4.78, 5) is 28.8. The number of carbonyl (C=O) groups excluding carboxylic acids is 2. The summed E-state index contributed by atoms with van der Waals surface area (Å²) >= 11 is 0. The Balaban J connectivity index is 1.57. The van der Waals surface area contributed by atoms with Crippen LogP contribution in [-0.2, 0) is 15.1 Å². The molecule has 2 N–H and O–H groups in total. The Labute approximate surface area is 206 Å². The normalized spacial score (nSPS) is 21.5. The van der Waals surface area contributed by atoms with E-state index in [-0.39, 0.29) is 24.8 Å². The summed E-state index contributed by atoms with van der Waals surface area (Å²) < 4.78 is 1.62. The standard InChI is InChI=1S/C26H34N6O3/c1-25(2,3)22(32-15-20(29-30-32)17-9-10-17)24(35)31-14-19(33)12-21(31)23(34)28-26(4,5)18-8-6-7-16(11-18)13-27/h6-8,11,15,17,19,21-22,33H,9-10,12,14H2,1-5H3,(H,28,34)/t19-,21+,22?/m1/s1.